The number of hydrogen-bond donors (Lipinski definition) is 2. The molecule has 2 aromatic carbocycles. The first-order chi connectivity index (χ1) is 12.0. The van der Waals surface area contributed by atoms with Gasteiger partial charge in [0, 0.05) is 18.8 Å². The van der Waals surface area contributed by atoms with Crippen molar-refractivity contribution in [2.75, 3.05) is 18.4 Å². The summed E-state index contributed by atoms with van der Waals surface area (Å²) in [7, 11) is 0. The molecule has 0 aromatic heterocycles. The molecule has 2 fully saturated rings. The molecule has 2 N–H and O–H groups in total. The van der Waals surface area contributed by atoms with Crippen molar-refractivity contribution >= 4 is 11.7 Å². The third kappa shape index (κ3) is 3.14. The van der Waals surface area contributed by atoms with Gasteiger partial charge in [0.25, 0.3) is 0 Å². The average Bonchev–Trinajstić information content (AvgIpc) is 3.14. The highest BCUT2D eigenvalue weighted by molar-refractivity contribution is 5.89. The Balaban J connectivity index is 1.39. The molecule has 1 heterocycles. The van der Waals surface area contributed by atoms with Crippen LogP contribution in [0.15, 0.2) is 54.6 Å². The summed E-state index contributed by atoms with van der Waals surface area (Å²) in [6, 6.07) is 17.7. The Bertz CT molecular complexity index is 743. The number of aryl methyl sites for hydroxylation is 1. The Morgan fingerprint density at radius 2 is 1.64 bits per heavy atom. The number of amides is 2. The van der Waals surface area contributed by atoms with Gasteiger partial charge in [-0.15, -0.1) is 0 Å². The van der Waals surface area contributed by atoms with E-state index in [2.05, 4.69) is 5.32 Å². The van der Waals surface area contributed by atoms with Crippen molar-refractivity contribution in [3.8, 4) is 0 Å². The molecule has 1 aliphatic heterocycles. The van der Waals surface area contributed by atoms with Gasteiger partial charge in [-0.1, -0.05) is 48.0 Å². The maximum absolute atomic E-state index is 12.5. The van der Waals surface area contributed by atoms with E-state index in [-0.39, 0.29) is 6.03 Å². The van der Waals surface area contributed by atoms with Crippen molar-refractivity contribution in [2.45, 2.75) is 25.4 Å². The van der Waals surface area contributed by atoms with E-state index in [9.17, 15) is 9.90 Å². The summed E-state index contributed by atoms with van der Waals surface area (Å²) in [6.45, 7) is 3.47. The molecule has 1 aliphatic carbocycles. The van der Waals surface area contributed by atoms with Crippen molar-refractivity contribution in [1.82, 2.24) is 4.90 Å². The van der Waals surface area contributed by atoms with Crippen molar-refractivity contribution in [3.63, 3.8) is 0 Å². The van der Waals surface area contributed by atoms with Gasteiger partial charge in [-0.25, -0.2) is 4.79 Å². The number of nitrogens with zero attached hydrogens (tertiary/aromatic N) is 1. The number of carbonyl (C=O) groups excluding carboxylic acids is 1. The van der Waals surface area contributed by atoms with E-state index in [1.54, 1.807) is 0 Å². The topological polar surface area (TPSA) is 52.6 Å². The third-order valence-electron chi connectivity index (χ3n) is 5.68. The molecular weight excluding hydrogens is 312 g/mol. The van der Waals surface area contributed by atoms with E-state index < -0.39 is 5.60 Å². The quantitative estimate of drug-likeness (QED) is 0.877. The monoisotopic (exact) mass is 336 g/mol. The standard InChI is InChI=1S/C21H24N2O2/c1-15-7-9-19(10-8-15)22-20(24)23-13-16-11-21(25,12-17(16)14-23)18-5-3-2-4-6-18/h2-10,16-17,25H,11-14H2,1H3,(H,22,24). The molecule has 2 unspecified atom stereocenters. The Kier molecular flexibility index (Phi) is 4.00. The van der Waals surface area contributed by atoms with Crippen LogP contribution < -0.4 is 5.32 Å². The highest BCUT2D eigenvalue weighted by Crippen LogP contribution is 2.48. The Morgan fingerprint density at radius 1 is 1.04 bits per heavy atom. The fourth-order valence-corrected chi connectivity index (χ4v) is 4.34. The molecular formula is C21H24N2O2. The Hall–Kier alpha value is -2.33. The molecule has 2 atom stereocenters. The lowest BCUT2D eigenvalue weighted by atomic mass is 9.90. The normalized spacial score (nSPS) is 28.0. The number of urea groups is 1. The molecule has 2 aliphatic rings. The number of hydrogen-bond acceptors (Lipinski definition) is 2. The zero-order chi connectivity index (χ0) is 17.4. The van der Waals surface area contributed by atoms with E-state index in [0.717, 1.165) is 37.2 Å². The van der Waals surface area contributed by atoms with Gasteiger partial charge in [-0.05, 0) is 49.3 Å². The predicted octanol–water partition coefficient (Wildman–Crippen LogP) is 3.76. The number of benzene rings is 2. The van der Waals surface area contributed by atoms with E-state index in [4.69, 9.17) is 0 Å². The van der Waals surface area contributed by atoms with Gasteiger partial charge in [0.15, 0.2) is 0 Å². The van der Waals surface area contributed by atoms with Crippen LogP contribution in [0.1, 0.15) is 24.0 Å². The van der Waals surface area contributed by atoms with Crippen molar-refractivity contribution < 1.29 is 9.90 Å². The van der Waals surface area contributed by atoms with E-state index in [1.807, 2.05) is 66.4 Å². The highest BCUT2D eigenvalue weighted by atomic mass is 16.3. The summed E-state index contributed by atoms with van der Waals surface area (Å²) in [5.74, 6) is 0.739. The third-order valence-corrected chi connectivity index (χ3v) is 5.68. The van der Waals surface area contributed by atoms with Gasteiger partial charge >= 0.3 is 6.03 Å². The second-order valence-corrected chi connectivity index (χ2v) is 7.53. The molecule has 4 nitrogen and oxygen atoms in total. The minimum Gasteiger partial charge on any atom is -0.385 e. The molecule has 0 bridgehead atoms. The van der Waals surface area contributed by atoms with Crippen molar-refractivity contribution in [3.05, 3.63) is 65.7 Å². The first-order valence-electron chi connectivity index (χ1n) is 8.94. The zero-order valence-electron chi connectivity index (χ0n) is 14.5. The molecule has 4 heteroatoms. The zero-order valence-corrected chi connectivity index (χ0v) is 14.5. The molecule has 130 valence electrons. The van der Waals surface area contributed by atoms with Crippen LogP contribution in [-0.4, -0.2) is 29.1 Å². The van der Waals surface area contributed by atoms with E-state index >= 15 is 0 Å². The van der Waals surface area contributed by atoms with Crippen LogP contribution >= 0.6 is 0 Å². The molecule has 1 saturated heterocycles. The summed E-state index contributed by atoms with van der Waals surface area (Å²) >= 11 is 0. The molecule has 4 rings (SSSR count). The summed E-state index contributed by atoms with van der Waals surface area (Å²) in [6.07, 6.45) is 1.46. The number of anilines is 1. The van der Waals surface area contributed by atoms with Gasteiger partial charge in [0.2, 0.25) is 0 Å². The van der Waals surface area contributed by atoms with Crippen LogP contribution in [0.2, 0.25) is 0 Å². The van der Waals surface area contributed by atoms with Crippen LogP contribution in [0.5, 0.6) is 0 Å². The van der Waals surface area contributed by atoms with Gasteiger partial charge in [0.1, 0.15) is 0 Å². The molecule has 0 radical (unpaired) electrons. The SMILES string of the molecule is Cc1ccc(NC(=O)N2CC3CC(O)(c4ccccc4)CC3C2)cc1. The number of nitrogens with one attached hydrogen (secondary N) is 1. The number of likely N-dealkylation sites (tertiary alicyclic amines) is 1. The fourth-order valence-electron chi connectivity index (χ4n) is 4.34. The van der Waals surface area contributed by atoms with Crippen LogP contribution in [0.3, 0.4) is 0 Å². The molecule has 0 spiro atoms. The average molecular weight is 336 g/mol. The highest BCUT2D eigenvalue weighted by Gasteiger charge is 2.49. The minimum absolute atomic E-state index is 0.0403. The maximum atomic E-state index is 12.5. The van der Waals surface area contributed by atoms with Gasteiger partial charge < -0.3 is 15.3 Å². The van der Waals surface area contributed by atoms with Crippen molar-refractivity contribution in [1.29, 1.82) is 0 Å². The molecule has 25 heavy (non-hydrogen) atoms. The molecule has 2 amide bonds. The van der Waals surface area contributed by atoms with Gasteiger partial charge in [-0.3, -0.25) is 0 Å². The largest absolute Gasteiger partial charge is 0.385 e. The summed E-state index contributed by atoms with van der Waals surface area (Å²) < 4.78 is 0. The number of rotatable bonds is 2. The number of carbonyl (C=O) groups is 1. The Morgan fingerprint density at radius 3 is 2.24 bits per heavy atom. The second kappa shape index (κ2) is 6.19. The minimum atomic E-state index is -0.740. The van der Waals surface area contributed by atoms with Gasteiger partial charge in [0.05, 0.1) is 5.60 Å². The van der Waals surface area contributed by atoms with Crippen LogP contribution in [0.4, 0.5) is 10.5 Å². The summed E-state index contributed by atoms with van der Waals surface area (Å²) in [5.41, 5.74) is 2.26. The first kappa shape index (κ1) is 16.2. The summed E-state index contributed by atoms with van der Waals surface area (Å²) in [5, 5.41) is 14.0. The predicted molar refractivity (Wildman–Crippen MR) is 98.3 cm³/mol. The first-order valence-corrected chi connectivity index (χ1v) is 8.94. The van der Waals surface area contributed by atoms with E-state index in [0.29, 0.717) is 11.8 Å². The Labute approximate surface area is 148 Å². The van der Waals surface area contributed by atoms with Crippen LogP contribution in [-0.2, 0) is 5.60 Å². The second-order valence-electron chi connectivity index (χ2n) is 7.53. The lowest BCUT2D eigenvalue weighted by Gasteiger charge is -2.26. The number of fused-ring (bicyclic) bond motifs is 1. The lowest BCUT2D eigenvalue weighted by molar-refractivity contribution is 0.0328. The van der Waals surface area contributed by atoms with Crippen LogP contribution in [0, 0.1) is 18.8 Å². The molecule has 1 saturated carbocycles. The maximum Gasteiger partial charge on any atom is 0.321 e. The molecule has 2 aromatic rings. The fraction of sp³-hybridized carbons (Fsp3) is 0.381. The lowest BCUT2D eigenvalue weighted by Crippen LogP contribution is -2.35. The smallest absolute Gasteiger partial charge is 0.321 e. The van der Waals surface area contributed by atoms with Gasteiger partial charge in [-0.2, -0.15) is 0 Å². The summed E-state index contributed by atoms with van der Waals surface area (Å²) in [4.78, 5) is 14.4. The van der Waals surface area contributed by atoms with Crippen LogP contribution in [0.25, 0.3) is 0 Å². The van der Waals surface area contributed by atoms with Crippen molar-refractivity contribution in [2.24, 2.45) is 11.8 Å². The number of aliphatic hydroxyl groups is 1. The van der Waals surface area contributed by atoms with E-state index in [1.165, 1.54) is 5.56 Å².